The summed E-state index contributed by atoms with van der Waals surface area (Å²) >= 11 is 0. The average Bonchev–Trinajstić information content (AvgIpc) is 3.28. The minimum atomic E-state index is -1.63. The second-order valence-electron chi connectivity index (χ2n) is 9.10. The van der Waals surface area contributed by atoms with Gasteiger partial charge < -0.3 is 14.9 Å². The summed E-state index contributed by atoms with van der Waals surface area (Å²) in [6.07, 6.45) is 4.27. The Hall–Kier alpha value is -3.62. The van der Waals surface area contributed by atoms with Gasteiger partial charge in [0.25, 0.3) is 5.91 Å². The molecule has 0 unspecified atom stereocenters. The van der Waals surface area contributed by atoms with Crippen LogP contribution in [0.5, 0.6) is 0 Å². The molecule has 2 atom stereocenters. The number of nitrogens with zero attached hydrogens (tertiary/aromatic N) is 2. The van der Waals surface area contributed by atoms with Crippen molar-refractivity contribution in [2.75, 3.05) is 13.3 Å². The number of hydrogen-bond donors (Lipinski definition) is 1. The lowest BCUT2D eigenvalue weighted by atomic mass is 9.86. The van der Waals surface area contributed by atoms with E-state index in [1.165, 1.54) is 0 Å². The molecular weight excluding hydrogens is 453 g/mol. The number of alkyl halides is 1. The molecule has 1 aromatic heterocycles. The molecule has 1 aromatic carbocycles. The van der Waals surface area contributed by atoms with E-state index in [4.69, 9.17) is 9.57 Å². The first-order chi connectivity index (χ1) is 16.8. The molecule has 0 radical (unpaired) electrons. The summed E-state index contributed by atoms with van der Waals surface area (Å²) < 4.78 is 18.5. The minimum absolute atomic E-state index is 0.0117. The summed E-state index contributed by atoms with van der Waals surface area (Å²) in [6.45, 7) is 4.42. The van der Waals surface area contributed by atoms with Crippen LogP contribution in [0.25, 0.3) is 10.8 Å². The lowest BCUT2D eigenvalue weighted by Gasteiger charge is -2.28. The number of carbonyl (C=O) groups is 3. The molecule has 8 nitrogen and oxygen atoms in total. The van der Waals surface area contributed by atoms with Crippen LogP contribution >= 0.6 is 0 Å². The second-order valence-corrected chi connectivity index (χ2v) is 9.10. The normalized spacial score (nSPS) is 20.3. The van der Waals surface area contributed by atoms with Crippen molar-refractivity contribution < 1.29 is 28.3 Å². The number of aromatic nitrogens is 1. The fourth-order valence-corrected chi connectivity index (χ4v) is 4.16. The van der Waals surface area contributed by atoms with Crippen LogP contribution in [-0.2, 0) is 24.0 Å². The zero-order valence-electron chi connectivity index (χ0n) is 19.6. The summed E-state index contributed by atoms with van der Waals surface area (Å²) in [6, 6.07) is 8.09. The molecule has 1 amide bonds. The number of fused-ring (bicyclic) bond motifs is 1. The third-order valence-electron chi connectivity index (χ3n) is 6.63. The van der Waals surface area contributed by atoms with E-state index in [-0.39, 0.29) is 13.0 Å². The van der Waals surface area contributed by atoms with Crippen molar-refractivity contribution in [2.24, 2.45) is 11.1 Å². The van der Waals surface area contributed by atoms with Crippen LogP contribution in [0.3, 0.4) is 0 Å². The minimum Gasteiger partial charge on any atom is -0.465 e. The standard InChI is InChI=1S/C26H28FN3O5/c1-16(2)26(13-21(30-35-26)24-19-9-4-3-8-18(19)10-11-28-24)25(33)29-20(22(31)14-27)12-23(32)34-15-17-6-5-7-17/h3-4,8-11,17,20H,1,5-7,12-15H2,2H3,(H,29,33)/t20-,26+/m0/s1. The van der Waals surface area contributed by atoms with Crippen molar-refractivity contribution in [3.8, 4) is 0 Å². The van der Waals surface area contributed by atoms with Gasteiger partial charge in [0.2, 0.25) is 5.60 Å². The molecule has 1 N–H and O–H groups in total. The van der Waals surface area contributed by atoms with Gasteiger partial charge >= 0.3 is 5.97 Å². The molecule has 2 aromatic rings. The average molecular weight is 482 g/mol. The first kappa shape index (κ1) is 24.5. The van der Waals surface area contributed by atoms with E-state index < -0.39 is 42.4 Å². The van der Waals surface area contributed by atoms with Crippen molar-refractivity contribution >= 4 is 34.1 Å². The molecule has 2 aliphatic rings. The van der Waals surface area contributed by atoms with Gasteiger partial charge in [-0.3, -0.25) is 19.4 Å². The fraction of sp³-hybridized carbons (Fsp3) is 0.423. The van der Waals surface area contributed by atoms with E-state index in [0.717, 1.165) is 30.0 Å². The van der Waals surface area contributed by atoms with Crippen molar-refractivity contribution in [2.45, 2.75) is 50.7 Å². The lowest BCUT2D eigenvalue weighted by molar-refractivity contribution is -0.149. The number of rotatable bonds is 10. The molecule has 9 heteroatoms. The van der Waals surface area contributed by atoms with E-state index in [2.05, 4.69) is 22.0 Å². The van der Waals surface area contributed by atoms with Crippen LogP contribution < -0.4 is 5.32 Å². The Morgan fingerprint density at radius 2 is 2.06 bits per heavy atom. The monoisotopic (exact) mass is 481 g/mol. The Balaban J connectivity index is 1.49. The van der Waals surface area contributed by atoms with E-state index in [9.17, 15) is 18.8 Å². The first-order valence-electron chi connectivity index (χ1n) is 11.6. The van der Waals surface area contributed by atoms with Gasteiger partial charge in [0.15, 0.2) is 5.78 Å². The summed E-state index contributed by atoms with van der Waals surface area (Å²) in [5.41, 5.74) is -0.283. The molecule has 184 valence electrons. The Bertz CT molecular complexity index is 1190. The van der Waals surface area contributed by atoms with Gasteiger partial charge in [-0.25, -0.2) is 4.39 Å². The maximum atomic E-state index is 13.4. The lowest BCUT2D eigenvalue weighted by Crippen LogP contribution is -2.54. The van der Waals surface area contributed by atoms with Gasteiger partial charge in [0.1, 0.15) is 18.4 Å². The first-order valence-corrected chi connectivity index (χ1v) is 11.6. The maximum Gasteiger partial charge on any atom is 0.308 e. The fourth-order valence-electron chi connectivity index (χ4n) is 4.16. The number of hydrogen-bond acceptors (Lipinski definition) is 7. The molecule has 0 saturated heterocycles. The van der Waals surface area contributed by atoms with Crippen LogP contribution in [-0.4, -0.2) is 53.3 Å². The van der Waals surface area contributed by atoms with Crippen LogP contribution in [0.2, 0.25) is 0 Å². The highest BCUT2D eigenvalue weighted by Gasteiger charge is 2.49. The van der Waals surface area contributed by atoms with Crippen LogP contribution in [0, 0.1) is 5.92 Å². The highest BCUT2D eigenvalue weighted by atomic mass is 19.1. The summed E-state index contributed by atoms with van der Waals surface area (Å²) in [7, 11) is 0. The predicted molar refractivity (Wildman–Crippen MR) is 127 cm³/mol. The van der Waals surface area contributed by atoms with E-state index in [1.807, 2.05) is 30.3 Å². The van der Waals surface area contributed by atoms with Crippen molar-refractivity contribution in [1.82, 2.24) is 10.3 Å². The molecule has 4 rings (SSSR count). The number of pyridine rings is 1. The Morgan fingerprint density at radius 1 is 1.29 bits per heavy atom. The highest BCUT2D eigenvalue weighted by Crippen LogP contribution is 2.34. The molecule has 0 spiro atoms. The number of halogens is 1. The van der Waals surface area contributed by atoms with E-state index in [0.29, 0.717) is 22.9 Å². The number of carbonyl (C=O) groups excluding carboxylic acids is 3. The van der Waals surface area contributed by atoms with Crippen LogP contribution in [0.4, 0.5) is 4.39 Å². The maximum absolute atomic E-state index is 13.4. The number of nitrogens with one attached hydrogen (secondary N) is 1. The summed E-state index contributed by atoms with van der Waals surface area (Å²) in [5, 5.41) is 8.40. The molecule has 1 saturated carbocycles. The largest absolute Gasteiger partial charge is 0.465 e. The smallest absolute Gasteiger partial charge is 0.308 e. The second kappa shape index (κ2) is 10.3. The SMILES string of the molecule is C=C(C)[C@@]1(C(=O)N[C@@H](CC(=O)OCC2CCC2)C(=O)CF)CC(c2nccc3ccccc23)=NO1. The zero-order chi connectivity index (χ0) is 25.0. The van der Waals surface area contributed by atoms with E-state index >= 15 is 0 Å². The highest BCUT2D eigenvalue weighted by molar-refractivity contribution is 6.12. The van der Waals surface area contributed by atoms with Crippen molar-refractivity contribution in [1.29, 1.82) is 0 Å². The van der Waals surface area contributed by atoms with Gasteiger partial charge in [-0.05, 0) is 42.7 Å². The zero-order valence-corrected chi connectivity index (χ0v) is 19.6. The number of amides is 1. The molecule has 35 heavy (non-hydrogen) atoms. The van der Waals surface area contributed by atoms with Gasteiger partial charge in [-0.2, -0.15) is 0 Å². The van der Waals surface area contributed by atoms with Gasteiger partial charge in [-0.1, -0.05) is 42.4 Å². The number of ether oxygens (including phenoxy) is 1. The molecule has 1 aliphatic heterocycles. The number of benzene rings is 1. The Labute approximate surface area is 202 Å². The third kappa shape index (κ3) is 5.08. The van der Waals surface area contributed by atoms with Crippen LogP contribution in [0.1, 0.15) is 44.7 Å². The number of Topliss-reactive ketones (excluding diaryl/α,β-unsaturated/α-hetero) is 1. The van der Waals surface area contributed by atoms with Crippen LogP contribution in [0.15, 0.2) is 53.8 Å². The predicted octanol–water partition coefficient (Wildman–Crippen LogP) is 3.43. The molecule has 1 fully saturated rings. The Morgan fingerprint density at radius 3 is 2.74 bits per heavy atom. The number of esters is 1. The number of ketones is 1. The van der Waals surface area contributed by atoms with Crippen molar-refractivity contribution in [3.05, 3.63) is 54.4 Å². The quantitative estimate of drug-likeness (QED) is 0.412. The van der Waals surface area contributed by atoms with Gasteiger partial charge in [-0.15, -0.1) is 0 Å². The molecule has 0 bridgehead atoms. The van der Waals surface area contributed by atoms with Crippen molar-refractivity contribution in [3.63, 3.8) is 0 Å². The molecule has 2 heterocycles. The summed E-state index contributed by atoms with van der Waals surface area (Å²) in [4.78, 5) is 47.9. The van der Waals surface area contributed by atoms with Gasteiger partial charge in [0, 0.05) is 11.6 Å². The number of oxime groups is 1. The van der Waals surface area contributed by atoms with Gasteiger partial charge in [0.05, 0.1) is 25.1 Å². The topological polar surface area (TPSA) is 107 Å². The molecule has 1 aliphatic carbocycles. The molecular formula is C26H28FN3O5. The summed E-state index contributed by atoms with van der Waals surface area (Å²) in [5.74, 6) is -2.01. The Kier molecular flexibility index (Phi) is 7.23. The third-order valence-corrected chi connectivity index (χ3v) is 6.63. The van der Waals surface area contributed by atoms with E-state index in [1.54, 1.807) is 13.1 Å².